The van der Waals surface area contributed by atoms with Gasteiger partial charge in [-0.05, 0) is 105 Å². The summed E-state index contributed by atoms with van der Waals surface area (Å²) in [5.41, 5.74) is 15.6. The molecule has 68 heavy (non-hydrogen) atoms. The highest BCUT2D eigenvalue weighted by molar-refractivity contribution is 5.96. The Morgan fingerprint density at radius 3 is 2.07 bits per heavy atom. The first-order valence-corrected chi connectivity index (χ1v) is 22.8. The predicted molar refractivity (Wildman–Crippen MR) is 256 cm³/mol. The van der Waals surface area contributed by atoms with Gasteiger partial charge in [0.1, 0.15) is 12.7 Å². The van der Waals surface area contributed by atoms with Crippen molar-refractivity contribution in [2.75, 3.05) is 40.0 Å². The van der Waals surface area contributed by atoms with Gasteiger partial charge in [0, 0.05) is 80.9 Å². The van der Waals surface area contributed by atoms with Crippen LogP contribution in [0.25, 0.3) is 50.9 Å². The standard InChI is InChI=1S/C51H63N5O12/c1-13-35-28(5)41-24-44-36(14-2)27(4)40(53-44)23-42-29(6)37(47(55-42)30(7)39-21-26(3)38(52-39)22-43(35)54-41)15-16-46(61)56(12)17-18-62-19-20-63-51-50(67-34(11)60)49(66-33(10)59)48(65-32(9)58)45(68-51)25-64-31(8)57/h14,21-24,45,48-51,53-54H,2,13,15-20,25H2,1,3-12H3/t45-,48-,49+,50-,51-/m1/s1. The number of ether oxygens (including phenoxy) is 7. The number of rotatable bonds is 17. The van der Waals surface area contributed by atoms with Crippen molar-refractivity contribution in [1.29, 1.82) is 0 Å². The zero-order valence-electron chi connectivity index (χ0n) is 40.9. The molecule has 17 heteroatoms. The lowest BCUT2D eigenvalue weighted by atomic mass is 9.98. The Morgan fingerprint density at radius 1 is 0.765 bits per heavy atom. The molecule has 3 aliphatic rings. The first-order chi connectivity index (χ1) is 32.3. The summed E-state index contributed by atoms with van der Waals surface area (Å²) in [5.74, 6) is -2.94. The maximum atomic E-state index is 13.7. The van der Waals surface area contributed by atoms with E-state index in [2.05, 4.69) is 68.5 Å². The molecule has 1 amide bonds. The van der Waals surface area contributed by atoms with Crippen molar-refractivity contribution in [2.45, 2.75) is 119 Å². The van der Waals surface area contributed by atoms with E-state index in [1.54, 1.807) is 11.9 Å². The Balaban J connectivity index is 1.16. The van der Waals surface area contributed by atoms with Gasteiger partial charge in [-0.2, -0.15) is 0 Å². The summed E-state index contributed by atoms with van der Waals surface area (Å²) in [4.78, 5) is 80.9. The quantitative estimate of drug-likeness (QED) is 0.0774. The number of likely N-dealkylation sites (N-methyl/N-ethyl adjacent to an activating group) is 1. The van der Waals surface area contributed by atoms with Gasteiger partial charge < -0.3 is 48.0 Å². The number of allylic oxidation sites excluding steroid dienone is 3. The number of esters is 4. The molecule has 3 aromatic rings. The number of hydrogen-bond acceptors (Lipinski definition) is 14. The monoisotopic (exact) mass is 937 g/mol. The average Bonchev–Trinajstić information content (AvgIpc) is 3.98. The normalized spacial score (nSPS) is 19.0. The molecule has 3 aliphatic heterocycles. The highest BCUT2D eigenvalue weighted by Crippen LogP contribution is 2.38. The fourth-order valence-electron chi connectivity index (χ4n) is 8.74. The van der Waals surface area contributed by atoms with Gasteiger partial charge >= 0.3 is 23.9 Å². The fraction of sp³-hybridized carbons (Fsp3) is 0.471. The number of fused-ring (bicyclic) bond motifs is 8. The van der Waals surface area contributed by atoms with Crippen LogP contribution in [-0.4, -0.2) is 125 Å². The van der Waals surface area contributed by atoms with E-state index in [-0.39, 0.29) is 45.3 Å². The number of nitrogens with zero attached hydrogens (tertiary/aromatic N) is 3. The number of nitrogens with one attached hydrogen (secondary N) is 2. The highest BCUT2D eigenvalue weighted by Gasteiger charge is 2.52. The summed E-state index contributed by atoms with van der Waals surface area (Å²) in [6.45, 7) is 21.3. The molecule has 5 atom stereocenters. The minimum absolute atomic E-state index is 0.0409. The fourth-order valence-corrected chi connectivity index (χ4v) is 8.74. The summed E-state index contributed by atoms with van der Waals surface area (Å²) in [6, 6.07) is 6.33. The van der Waals surface area contributed by atoms with Crippen LogP contribution >= 0.6 is 0 Å². The van der Waals surface area contributed by atoms with E-state index < -0.39 is 54.6 Å². The summed E-state index contributed by atoms with van der Waals surface area (Å²) in [7, 11) is 1.72. The van der Waals surface area contributed by atoms with Gasteiger partial charge in [0.2, 0.25) is 5.91 Å². The molecule has 8 bridgehead atoms. The van der Waals surface area contributed by atoms with E-state index in [1.807, 2.05) is 19.9 Å². The maximum Gasteiger partial charge on any atom is 0.303 e. The first-order valence-electron chi connectivity index (χ1n) is 22.8. The molecule has 0 aliphatic carbocycles. The van der Waals surface area contributed by atoms with Crippen molar-refractivity contribution < 1.29 is 57.1 Å². The molecule has 0 saturated carbocycles. The summed E-state index contributed by atoms with van der Waals surface area (Å²) >= 11 is 0. The van der Waals surface area contributed by atoms with E-state index in [9.17, 15) is 24.0 Å². The van der Waals surface area contributed by atoms with Crippen molar-refractivity contribution >= 4 is 80.7 Å². The number of aromatic nitrogens is 4. The van der Waals surface area contributed by atoms with Crippen LogP contribution in [0.1, 0.15) is 112 Å². The number of carbonyl (C=O) groups excluding carboxylic acids is 5. The zero-order valence-corrected chi connectivity index (χ0v) is 40.9. The molecule has 17 nitrogen and oxygen atoms in total. The third kappa shape index (κ3) is 11.6. The summed E-state index contributed by atoms with van der Waals surface area (Å²) < 4.78 is 39.2. The minimum atomic E-state index is -1.35. The van der Waals surface area contributed by atoms with Crippen molar-refractivity contribution in [3.05, 3.63) is 75.4 Å². The minimum Gasteiger partial charge on any atom is -0.463 e. The number of carbonyl (C=O) groups is 5. The van der Waals surface area contributed by atoms with E-state index in [0.717, 1.165) is 105 Å². The zero-order chi connectivity index (χ0) is 49.6. The van der Waals surface area contributed by atoms with Gasteiger partial charge in [0.15, 0.2) is 24.6 Å². The molecule has 6 heterocycles. The third-order valence-electron chi connectivity index (χ3n) is 12.4. The van der Waals surface area contributed by atoms with Gasteiger partial charge in [-0.15, -0.1) is 0 Å². The van der Waals surface area contributed by atoms with Crippen LogP contribution < -0.4 is 0 Å². The van der Waals surface area contributed by atoms with Crippen molar-refractivity contribution in [3.8, 4) is 0 Å². The van der Waals surface area contributed by atoms with Crippen LogP contribution in [0.15, 0.2) is 24.8 Å². The Kier molecular flexibility index (Phi) is 16.6. The van der Waals surface area contributed by atoms with E-state index >= 15 is 0 Å². The Labute approximate surface area is 396 Å². The molecule has 0 radical (unpaired) electrons. The number of aromatic amines is 2. The second kappa shape index (κ2) is 22.1. The van der Waals surface area contributed by atoms with Crippen molar-refractivity contribution in [3.63, 3.8) is 0 Å². The van der Waals surface area contributed by atoms with E-state index in [4.69, 9.17) is 43.1 Å². The molecule has 1 fully saturated rings. The molecule has 0 aromatic carbocycles. The van der Waals surface area contributed by atoms with Gasteiger partial charge in [0.25, 0.3) is 0 Å². The lowest BCUT2D eigenvalue weighted by molar-refractivity contribution is -0.309. The van der Waals surface area contributed by atoms with Crippen LogP contribution in [0, 0.1) is 20.8 Å². The highest BCUT2D eigenvalue weighted by atomic mass is 16.7. The Morgan fingerprint density at radius 2 is 1.41 bits per heavy atom. The topological polar surface area (TPSA) is 211 Å². The van der Waals surface area contributed by atoms with Crippen LogP contribution in [0.4, 0.5) is 0 Å². The van der Waals surface area contributed by atoms with Crippen LogP contribution in [0.2, 0.25) is 0 Å². The molecule has 0 unspecified atom stereocenters. The lowest BCUT2D eigenvalue weighted by Crippen LogP contribution is -2.63. The van der Waals surface area contributed by atoms with Crippen LogP contribution in [0.3, 0.4) is 0 Å². The maximum absolute atomic E-state index is 13.7. The largest absolute Gasteiger partial charge is 0.463 e. The molecular weight excluding hydrogens is 875 g/mol. The van der Waals surface area contributed by atoms with Gasteiger partial charge in [-0.1, -0.05) is 19.6 Å². The first kappa shape index (κ1) is 51.0. The Bertz CT molecular complexity index is 2710. The molecule has 6 rings (SSSR count). The number of hydrogen-bond donors (Lipinski definition) is 2. The van der Waals surface area contributed by atoms with Crippen LogP contribution in [-0.2, 0) is 63.6 Å². The molecule has 0 spiro atoms. The predicted octanol–water partition coefficient (Wildman–Crippen LogP) is 7.29. The average molecular weight is 938 g/mol. The van der Waals surface area contributed by atoms with E-state index in [0.29, 0.717) is 6.42 Å². The Hall–Kier alpha value is -6.43. The SMILES string of the molecule is C=Cc1c(C)c2cc3nc(c(C)c4nc(cc5[nH]c(cc1[nH]2)c(C)c5CC)C(C)=C4)C(CCC(=O)N(C)CCOCCO[C@@H]1O[C@H](COC(C)=O)[C@@H](OC(C)=O)[C@H](OC(C)=O)[C@H]1OC(C)=O)=C3C. The molecule has 364 valence electrons. The van der Waals surface area contributed by atoms with Crippen LogP contribution in [0.5, 0.6) is 0 Å². The molecule has 3 aromatic heterocycles. The van der Waals surface area contributed by atoms with E-state index in [1.165, 1.54) is 18.1 Å². The van der Waals surface area contributed by atoms with Gasteiger partial charge in [0.05, 0.1) is 42.6 Å². The van der Waals surface area contributed by atoms with Gasteiger partial charge in [-0.25, -0.2) is 9.97 Å². The lowest BCUT2D eigenvalue weighted by Gasteiger charge is -2.44. The van der Waals surface area contributed by atoms with Gasteiger partial charge in [-0.3, -0.25) is 24.0 Å². The third-order valence-corrected chi connectivity index (χ3v) is 12.4. The second-order valence-corrected chi connectivity index (χ2v) is 17.2. The smallest absolute Gasteiger partial charge is 0.303 e. The molecule has 2 N–H and O–H groups in total. The number of aryl methyl sites for hydroxylation is 3. The van der Waals surface area contributed by atoms with Crippen molar-refractivity contribution in [2.24, 2.45) is 0 Å². The molecular formula is C51H63N5O12. The number of H-pyrrole nitrogens is 2. The second-order valence-electron chi connectivity index (χ2n) is 17.2. The number of amides is 1. The van der Waals surface area contributed by atoms with Crippen molar-refractivity contribution in [1.82, 2.24) is 24.8 Å². The molecule has 1 saturated heterocycles. The summed E-state index contributed by atoms with van der Waals surface area (Å²) in [5, 5.41) is 0. The summed E-state index contributed by atoms with van der Waals surface area (Å²) in [6.07, 6.45) is -0.976.